The zero-order valence-corrected chi connectivity index (χ0v) is 14.3. The summed E-state index contributed by atoms with van der Waals surface area (Å²) in [5.41, 5.74) is 1.37. The lowest BCUT2D eigenvalue weighted by Gasteiger charge is -2.15. The summed E-state index contributed by atoms with van der Waals surface area (Å²) in [6.07, 6.45) is 4.64. The summed E-state index contributed by atoms with van der Waals surface area (Å²) in [6, 6.07) is 7.43. The number of aromatic nitrogens is 2. The van der Waals surface area contributed by atoms with Gasteiger partial charge >= 0.3 is 0 Å². The molecule has 1 heterocycles. The third kappa shape index (κ3) is 3.22. The molecule has 1 fully saturated rings. The Bertz CT molecular complexity index is 733. The molecule has 1 aliphatic rings. The quantitative estimate of drug-likeness (QED) is 0.910. The second-order valence-corrected chi connectivity index (χ2v) is 6.07. The Hall–Kier alpha value is -2.50. The number of hydrogen-bond acceptors (Lipinski definition) is 4. The van der Waals surface area contributed by atoms with E-state index in [9.17, 15) is 4.79 Å². The fourth-order valence-electron chi connectivity index (χ4n) is 3.21. The van der Waals surface area contributed by atoms with Gasteiger partial charge in [-0.2, -0.15) is 5.10 Å². The highest BCUT2D eigenvalue weighted by Crippen LogP contribution is 2.32. The normalized spacial score (nSPS) is 14.6. The molecule has 0 unspecified atom stereocenters. The van der Waals surface area contributed by atoms with Crippen LogP contribution >= 0.6 is 0 Å². The van der Waals surface area contributed by atoms with Crippen molar-refractivity contribution in [2.24, 2.45) is 0 Å². The van der Waals surface area contributed by atoms with E-state index in [-0.39, 0.29) is 5.91 Å². The van der Waals surface area contributed by atoms with Gasteiger partial charge in [-0.05, 0) is 31.9 Å². The minimum atomic E-state index is -0.214. The molecule has 1 N–H and O–H groups in total. The molecule has 3 rings (SSSR count). The molecule has 0 aliphatic heterocycles. The summed E-state index contributed by atoms with van der Waals surface area (Å²) in [5, 5.41) is 7.54. The molecule has 6 heteroatoms. The first-order valence-electron chi connectivity index (χ1n) is 8.22. The predicted octanol–water partition coefficient (Wildman–Crippen LogP) is 3.58. The number of carbonyl (C=O) groups excluding carboxylic acids is 1. The molecule has 0 bridgehead atoms. The predicted molar refractivity (Wildman–Crippen MR) is 92.0 cm³/mol. The lowest BCUT2D eigenvalue weighted by Crippen LogP contribution is -2.18. The molecular formula is C18H23N3O3. The van der Waals surface area contributed by atoms with Crippen LogP contribution in [-0.2, 0) is 0 Å². The first-order chi connectivity index (χ1) is 11.6. The second-order valence-electron chi connectivity index (χ2n) is 6.07. The largest absolute Gasteiger partial charge is 0.497 e. The van der Waals surface area contributed by atoms with Gasteiger partial charge in [0, 0.05) is 12.1 Å². The van der Waals surface area contributed by atoms with E-state index in [1.165, 1.54) is 12.8 Å². The molecule has 1 aromatic heterocycles. The number of nitrogens with one attached hydrogen (secondary N) is 1. The third-order valence-corrected chi connectivity index (χ3v) is 4.42. The van der Waals surface area contributed by atoms with Crippen molar-refractivity contribution in [3.8, 4) is 11.5 Å². The number of hydrogen-bond donors (Lipinski definition) is 1. The van der Waals surface area contributed by atoms with Crippen molar-refractivity contribution < 1.29 is 14.3 Å². The summed E-state index contributed by atoms with van der Waals surface area (Å²) >= 11 is 0. The first kappa shape index (κ1) is 16.4. The van der Waals surface area contributed by atoms with E-state index in [0.717, 1.165) is 24.4 Å². The first-order valence-corrected chi connectivity index (χ1v) is 8.22. The fraction of sp³-hybridized carbons (Fsp3) is 0.444. The molecule has 24 heavy (non-hydrogen) atoms. The second kappa shape index (κ2) is 6.95. The highest BCUT2D eigenvalue weighted by molar-refractivity contribution is 6.06. The number of rotatable bonds is 5. The molecule has 1 amide bonds. The monoisotopic (exact) mass is 329 g/mol. The van der Waals surface area contributed by atoms with Crippen molar-refractivity contribution in [3.63, 3.8) is 0 Å². The maximum Gasteiger partial charge on any atom is 0.260 e. The van der Waals surface area contributed by atoms with Gasteiger partial charge in [0.05, 0.1) is 31.5 Å². The molecule has 1 aliphatic carbocycles. The van der Waals surface area contributed by atoms with Gasteiger partial charge in [-0.15, -0.1) is 0 Å². The zero-order valence-electron chi connectivity index (χ0n) is 14.3. The van der Waals surface area contributed by atoms with E-state index in [4.69, 9.17) is 9.47 Å². The van der Waals surface area contributed by atoms with Gasteiger partial charge in [-0.1, -0.05) is 12.8 Å². The zero-order chi connectivity index (χ0) is 17.1. The standard InChI is InChI=1S/C18H23N3O3/c1-12-10-17(21(20-12)13-6-4-5-7-13)19-18(22)15-9-8-14(23-2)11-16(15)24-3/h8-11,13H,4-7H2,1-3H3,(H,19,22). The van der Waals surface area contributed by atoms with Crippen LogP contribution in [0.25, 0.3) is 0 Å². The lowest BCUT2D eigenvalue weighted by molar-refractivity contribution is 0.102. The van der Waals surface area contributed by atoms with E-state index in [1.54, 1.807) is 32.4 Å². The Morgan fingerprint density at radius 1 is 1.21 bits per heavy atom. The summed E-state index contributed by atoms with van der Waals surface area (Å²) < 4.78 is 12.4. The summed E-state index contributed by atoms with van der Waals surface area (Å²) in [4.78, 5) is 12.7. The van der Waals surface area contributed by atoms with Crippen LogP contribution in [0.15, 0.2) is 24.3 Å². The number of methoxy groups -OCH3 is 2. The summed E-state index contributed by atoms with van der Waals surface area (Å²) in [6.45, 7) is 1.94. The fourth-order valence-corrected chi connectivity index (χ4v) is 3.21. The van der Waals surface area contributed by atoms with Crippen LogP contribution in [0.5, 0.6) is 11.5 Å². The average molecular weight is 329 g/mol. The van der Waals surface area contributed by atoms with Crippen LogP contribution in [0.1, 0.15) is 47.8 Å². The van der Waals surface area contributed by atoms with Gasteiger partial charge in [0.25, 0.3) is 5.91 Å². The number of carbonyl (C=O) groups is 1. The Morgan fingerprint density at radius 2 is 1.96 bits per heavy atom. The Kier molecular flexibility index (Phi) is 4.74. The minimum absolute atomic E-state index is 0.214. The van der Waals surface area contributed by atoms with Gasteiger partial charge < -0.3 is 14.8 Å². The van der Waals surface area contributed by atoms with Crippen molar-refractivity contribution >= 4 is 11.7 Å². The average Bonchev–Trinajstić information content (AvgIpc) is 3.23. The van der Waals surface area contributed by atoms with Gasteiger partial charge in [-0.3, -0.25) is 4.79 Å². The molecule has 2 aromatic rings. The van der Waals surface area contributed by atoms with E-state index in [2.05, 4.69) is 10.4 Å². The van der Waals surface area contributed by atoms with Gasteiger partial charge in [0.1, 0.15) is 17.3 Å². The Balaban J connectivity index is 1.85. The van der Waals surface area contributed by atoms with Crippen LogP contribution in [0.4, 0.5) is 5.82 Å². The highest BCUT2D eigenvalue weighted by Gasteiger charge is 2.22. The third-order valence-electron chi connectivity index (χ3n) is 4.42. The number of nitrogens with zero attached hydrogens (tertiary/aromatic N) is 2. The highest BCUT2D eigenvalue weighted by atomic mass is 16.5. The molecule has 128 valence electrons. The number of ether oxygens (including phenoxy) is 2. The van der Waals surface area contributed by atoms with Crippen molar-refractivity contribution in [3.05, 3.63) is 35.5 Å². The van der Waals surface area contributed by atoms with Gasteiger partial charge in [0.15, 0.2) is 0 Å². The molecule has 6 nitrogen and oxygen atoms in total. The summed E-state index contributed by atoms with van der Waals surface area (Å²) in [5.74, 6) is 1.65. The Morgan fingerprint density at radius 3 is 2.62 bits per heavy atom. The number of anilines is 1. The smallest absolute Gasteiger partial charge is 0.260 e. The van der Waals surface area contributed by atoms with Crippen LogP contribution in [0.2, 0.25) is 0 Å². The number of amides is 1. The maximum absolute atomic E-state index is 12.7. The van der Waals surface area contributed by atoms with Crippen LogP contribution in [-0.4, -0.2) is 29.9 Å². The SMILES string of the molecule is COc1ccc(C(=O)Nc2cc(C)nn2C2CCCC2)c(OC)c1. The van der Waals surface area contributed by atoms with Crippen molar-refractivity contribution in [2.75, 3.05) is 19.5 Å². The summed E-state index contributed by atoms with van der Waals surface area (Å²) in [7, 11) is 3.12. The molecule has 0 atom stereocenters. The maximum atomic E-state index is 12.7. The molecule has 0 spiro atoms. The molecule has 0 saturated heterocycles. The van der Waals surface area contributed by atoms with Crippen LogP contribution < -0.4 is 14.8 Å². The van der Waals surface area contributed by atoms with Crippen LogP contribution in [0.3, 0.4) is 0 Å². The van der Waals surface area contributed by atoms with Gasteiger partial charge in [-0.25, -0.2) is 4.68 Å². The Labute approximate surface area is 141 Å². The van der Waals surface area contributed by atoms with Crippen molar-refractivity contribution in [2.45, 2.75) is 38.6 Å². The van der Waals surface area contributed by atoms with E-state index in [1.807, 2.05) is 17.7 Å². The molecular weight excluding hydrogens is 306 g/mol. The number of aryl methyl sites for hydroxylation is 1. The number of benzene rings is 1. The molecule has 1 saturated carbocycles. The van der Waals surface area contributed by atoms with Gasteiger partial charge in [0.2, 0.25) is 0 Å². The van der Waals surface area contributed by atoms with E-state index >= 15 is 0 Å². The topological polar surface area (TPSA) is 65.4 Å². The van der Waals surface area contributed by atoms with E-state index < -0.39 is 0 Å². The van der Waals surface area contributed by atoms with E-state index in [0.29, 0.717) is 23.1 Å². The lowest BCUT2D eigenvalue weighted by atomic mass is 10.1. The molecule has 0 radical (unpaired) electrons. The van der Waals surface area contributed by atoms with Crippen molar-refractivity contribution in [1.82, 2.24) is 9.78 Å². The minimum Gasteiger partial charge on any atom is -0.497 e. The molecule has 1 aromatic carbocycles. The van der Waals surface area contributed by atoms with Crippen LogP contribution in [0, 0.1) is 6.92 Å². The van der Waals surface area contributed by atoms with Crippen molar-refractivity contribution in [1.29, 1.82) is 0 Å².